The van der Waals surface area contributed by atoms with Gasteiger partial charge in [-0.15, -0.1) is 0 Å². The highest BCUT2D eigenvalue weighted by atomic mass is 35.5. The van der Waals surface area contributed by atoms with Crippen LogP contribution in [0.1, 0.15) is 11.3 Å². The molecule has 2 amide bonds. The maximum atomic E-state index is 12.3. The number of hydrogen-bond acceptors (Lipinski definition) is 3. The highest BCUT2D eigenvalue weighted by Gasteiger charge is 2.16. The number of hydrogen-bond donors (Lipinski definition) is 2. The molecule has 0 saturated heterocycles. The second-order valence-electron chi connectivity index (χ2n) is 6.37. The minimum atomic E-state index is -0.307. The molecule has 28 heavy (non-hydrogen) atoms. The molecule has 0 fully saturated rings. The molecule has 0 radical (unpaired) electrons. The molecule has 4 aromatic rings. The molecule has 140 valence electrons. The molecular formula is C21H18ClN5O. The molecule has 2 heterocycles. The Morgan fingerprint density at radius 2 is 1.79 bits per heavy atom. The van der Waals surface area contributed by atoms with Crippen molar-refractivity contribution < 1.29 is 4.79 Å². The fourth-order valence-corrected chi connectivity index (χ4v) is 3.06. The molecule has 0 aliphatic carbocycles. The fraction of sp³-hybridized carbons (Fsp3) is 0.0952. The van der Waals surface area contributed by atoms with Gasteiger partial charge >= 0.3 is 6.03 Å². The number of amides is 2. The van der Waals surface area contributed by atoms with Crippen LogP contribution in [0.4, 0.5) is 10.5 Å². The van der Waals surface area contributed by atoms with E-state index >= 15 is 0 Å². The third-order valence-corrected chi connectivity index (χ3v) is 4.51. The average Bonchev–Trinajstić information content (AvgIpc) is 3.05. The number of nitrogens with one attached hydrogen (secondary N) is 2. The van der Waals surface area contributed by atoms with Crippen molar-refractivity contribution in [3.63, 3.8) is 0 Å². The number of aromatic nitrogens is 3. The Morgan fingerprint density at radius 3 is 2.54 bits per heavy atom. The van der Waals surface area contributed by atoms with Crippen LogP contribution in [0.25, 0.3) is 16.9 Å². The summed E-state index contributed by atoms with van der Waals surface area (Å²) in [6, 6.07) is 20.5. The number of imidazole rings is 1. The van der Waals surface area contributed by atoms with E-state index < -0.39 is 0 Å². The molecule has 2 N–H and O–H groups in total. The Kier molecular flexibility index (Phi) is 4.95. The van der Waals surface area contributed by atoms with Crippen molar-refractivity contribution in [1.29, 1.82) is 0 Å². The zero-order chi connectivity index (χ0) is 19.5. The maximum Gasteiger partial charge on any atom is 0.319 e. The summed E-state index contributed by atoms with van der Waals surface area (Å²) in [5.74, 6) is 0. The fourth-order valence-electron chi connectivity index (χ4n) is 2.92. The van der Waals surface area contributed by atoms with Crippen molar-refractivity contribution in [2.45, 2.75) is 13.5 Å². The van der Waals surface area contributed by atoms with Crippen LogP contribution in [0.5, 0.6) is 0 Å². The first-order chi connectivity index (χ1) is 13.6. The first-order valence-corrected chi connectivity index (χ1v) is 9.19. The molecule has 0 spiro atoms. The number of carbonyl (C=O) groups excluding carboxylic acids is 1. The minimum Gasteiger partial charge on any atom is -0.332 e. The predicted molar refractivity (Wildman–Crippen MR) is 110 cm³/mol. The van der Waals surface area contributed by atoms with Gasteiger partial charge in [0.2, 0.25) is 0 Å². The summed E-state index contributed by atoms with van der Waals surface area (Å²) < 4.78 is 1.67. The SMILES string of the molecule is Cc1ccc(-c2nc3ccc(Cl)nn3c2CNC(=O)Nc2ccccc2)cc1. The molecule has 0 saturated carbocycles. The van der Waals surface area contributed by atoms with Crippen LogP contribution in [-0.2, 0) is 6.54 Å². The normalized spacial score (nSPS) is 10.8. The second kappa shape index (κ2) is 7.70. The van der Waals surface area contributed by atoms with E-state index in [9.17, 15) is 4.79 Å². The number of carbonyl (C=O) groups is 1. The number of rotatable bonds is 4. The topological polar surface area (TPSA) is 71.3 Å². The summed E-state index contributed by atoms with van der Waals surface area (Å²) in [7, 11) is 0. The van der Waals surface area contributed by atoms with Crippen molar-refractivity contribution >= 4 is 29.0 Å². The molecule has 4 rings (SSSR count). The zero-order valence-corrected chi connectivity index (χ0v) is 15.9. The van der Waals surface area contributed by atoms with E-state index in [0.29, 0.717) is 10.8 Å². The number of urea groups is 1. The molecule has 0 aliphatic heterocycles. The van der Waals surface area contributed by atoms with E-state index in [4.69, 9.17) is 11.6 Å². The maximum absolute atomic E-state index is 12.3. The van der Waals surface area contributed by atoms with Gasteiger partial charge in [0.05, 0.1) is 17.9 Å². The Hall–Kier alpha value is -3.38. The van der Waals surface area contributed by atoms with Gasteiger partial charge in [0.15, 0.2) is 5.65 Å². The molecule has 0 unspecified atom stereocenters. The lowest BCUT2D eigenvalue weighted by atomic mass is 10.1. The number of para-hydroxylation sites is 1. The Morgan fingerprint density at radius 1 is 1.04 bits per heavy atom. The van der Waals surface area contributed by atoms with Crippen molar-refractivity contribution in [2.75, 3.05) is 5.32 Å². The third-order valence-electron chi connectivity index (χ3n) is 4.31. The number of fused-ring (bicyclic) bond motifs is 1. The van der Waals surface area contributed by atoms with Gasteiger partial charge in [0, 0.05) is 11.3 Å². The zero-order valence-electron chi connectivity index (χ0n) is 15.2. The van der Waals surface area contributed by atoms with Gasteiger partial charge in [-0.1, -0.05) is 59.6 Å². The smallest absolute Gasteiger partial charge is 0.319 e. The standard InChI is InChI=1S/C21H18ClN5O/c1-14-7-9-15(10-8-14)20-17(27-19(25-20)12-11-18(22)26-27)13-23-21(28)24-16-5-3-2-4-6-16/h2-12H,13H2,1H3,(H2,23,24,28). The van der Waals surface area contributed by atoms with Gasteiger partial charge in [0.25, 0.3) is 0 Å². The van der Waals surface area contributed by atoms with E-state index in [-0.39, 0.29) is 12.6 Å². The number of halogens is 1. The lowest BCUT2D eigenvalue weighted by Crippen LogP contribution is -2.29. The average molecular weight is 392 g/mol. The molecule has 6 nitrogen and oxygen atoms in total. The van der Waals surface area contributed by atoms with Crippen LogP contribution >= 0.6 is 11.6 Å². The molecule has 0 aliphatic rings. The van der Waals surface area contributed by atoms with Crippen molar-refractivity contribution in [3.05, 3.63) is 83.1 Å². The molecule has 2 aromatic heterocycles. The van der Waals surface area contributed by atoms with Gasteiger partial charge in [-0.3, -0.25) is 0 Å². The molecule has 0 bridgehead atoms. The van der Waals surface area contributed by atoms with Gasteiger partial charge in [-0.2, -0.15) is 5.10 Å². The molecule has 7 heteroatoms. The third kappa shape index (κ3) is 3.82. The number of benzene rings is 2. The van der Waals surface area contributed by atoms with Crippen LogP contribution in [0.15, 0.2) is 66.7 Å². The quantitative estimate of drug-likeness (QED) is 0.530. The summed E-state index contributed by atoms with van der Waals surface area (Å²) in [5, 5.41) is 10.4. The van der Waals surface area contributed by atoms with E-state index in [1.54, 1.807) is 16.6 Å². The summed E-state index contributed by atoms with van der Waals surface area (Å²) in [4.78, 5) is 17.0. The van der Waals surface area contributed by atoms with Crippen LogP contribution in [-0.4, -0.2) is 20.6 Å². The van der Waals surface area contributed by atoms with Gasteiger partial charge in [-0.25, -0.2) is 14.3 Å². The van der Waals surface area contributed by atoms with Crippen molar-refractivity contribution in [3.8, 4) is 11.3 Å². The lowest BCUT2D eigenvalue weighted by Gasteiger charge is -2.09. The largest absolute Gasteiger partial charge is 0.332 e. The number of aryl methyl sites for hydroxylation is 1. The summed E-state index contributed by atoms with van der Waals surface area (Å²) in [5.41, 5.74) is 5.01. The summed E-state index contributed by atoms with van der Waals surface area (Å²) in [6.07, 6.45) is 0. The first kappa shape index (κ1) is 18.0. The second-order valence-corrected chi connectivity index (χ2v) is 6.76. The predicted octanol–water partition coefficient (Wildman–Crippen LogP) is 4.68. The number of nitrogens with zero attached hydrogens (tertiary/aromatic N) is 3. The molecule has 0 atom stereocenters. The Balaban J connectivity index is 1.64. The van der Waals surface area contributed by atoms with Crippen molar-refractivity contribution in [1.82, 2.24) is 19.9 Å². The van der Waals surface area contributed by atoms with E-state index in [2.05, 4.69) is 20.7 Å². The Labute approximate surface area is 167 Å². The van der Waals surface area contributed by atoms with Crippen LogP contribution in [0, 0.1) is 6.92 Å². The summed E-state index contributed by atoms with van der Waals surface area (Å²) in [6.45, 7) is 2.28. The van der Waals surface area contributed by atoms with Crippen molar-refractivity contribution in [2.24, 2.45) is 0 Å². The monoisotopic (exact) mass is 391 g/mol. The van der Waals surface area contributed by atoms with E-state index in [1.165, 1.54) is 0 Å². The van der Waals surface area contributed by atoms with E-state index in [1.807, 2.05) is 61.5 Å². The first-order valence-electron chi connectivity index (χ1n) is 8.81. The van der Waals surface area contributed by atoms with Gasteiger partial charge < -0.3 is 10.6 Å². The van der Waals surface area contributed by atoms with Gasteiger partial charge in [-0.05, 0) is 31.2 Å². The molecular weight excluding hydrogens is 374 g/mol. The minimum absolute atomic E-state index is 0.246. The van der Waals surface area contributed by atoms with Crippen LogP contribution in [0.2, 0.25) is 5.15 Å². The van der Waals surface area contributed by atoms with Crippen LogP contribution in [0.3, 0.4) is 0 Å². The lowest BCUT2D eigenvalue weighted by molar-refractivity contribution is 0.251. The van der Waals surface area contributed by atoms with Gasteiger partial charge in [0.1, 0.15) is 5.15 Å². The van der Waals surface area contributed by atoms with E-state index in [0.717, 1.165) is 28.2 Å². The highest BCUT2D eigenvalue weighted by molar-refractivity contribution is 6.29. The van der Waals surface area contributed by atoms with Crippen LogP contribution < -0.4 is 10.6 Å². The summed E-state index contributed by atoms with van der Waals surface area (Å²) >= 11 is 6.08. The highest BCUT2D eigenvalue weighted by Crippen LogP contribution is 2.25. The number of anilines is 1. The molecule has 2 aromatic carbocycles. The Bertz CT molecular complexity index is 1120.